The van der Waals surface area contributed by atoms with E-state index in [2.05, 4.69) is 0 Å². The maximum Gasteiger partial charge on any atom is 0.293 e. The Kier molecular flexibility index (Phi) is 4.37. The van der Waals surface area contributed by atoms with Crippen LogP contribution in [0.1, 0.15) is 49.4 Å². The average molecular weight is 276 g/mol. The molecule has 0 spiro atoms. The lowest BCUT2D eigenvalue weighted by atomic mass is 9.94. The van der Waals surface area contributed by atoms with Crippen molar-refractivity contribution in [1.29, 1.82) is 0 Å². The first-order valence-corrected chi connectivity index (χ1v) is 7.03. The van der Waals surface area contributed by atoms with Crippen LogP contribution in [-0.2, 0) is 0 Å². The third-order valence-corrected chi connectivity index (χ3v) is 4.08. The lowest BCUT2D eigenvalue weighted by Gasteiger charge is -2.32. The zero-order valence-corrected chi connectivity index (χ0v) is 12.0. The van der Waals surface area contributed by atoms with Gasteiger partial charge in [0, 0.05) is 24.7 Å². The minimum absolute atomic E-state index is 0.0192. The number of carbonyl (C=O) groups excluding carboxylic acids is 1. The van der Waals surface area contributed by atoms with Gasteiger partial charge in [-0.2, -0.15) is 0 Å². The van der Waals surface area contributed by atoms with Gasteiger partial charge in [0.15, 0.2) is 5.78 Å². The highest BCUT2D eigenvalue weighted by Crippen LogP contribution is 2.33. The van der Waals surface area contributed by atoms with Gasteiger partial charge < -0.3 is 4.90 Å². The van der Waals surface area contributed by atoms with Crippen LogP contribution in [0.2, 0.25) is 0 Å². The van der Waals surface area contributed by atoms with E-state index in [0.29, 0.717) is 17.3 Å². The van der Waals surface area contributed by atoms with Crippen molar-refractivity contribution in [3.05, 3.63) is 33.9 Å². The van der Waals surface area contributed by atoms with Crippen molar-refractivity contribution in [2.24, 2.45) is 0 Å². The van der Waals surface area contributed by atoms with Crippen LogP contribution < -0.4 is 4.90 Å². The molecular weight excluding hydrogens is 256 g/mol. The van der Waals surface area contributed by atoms with Gasteiger partial charge in [-0.05, 0) is 31.9 Å². The second kappa shape index (κ2) is 6.03. The first kappa shape index (κ1) is 14.5. The van der Waals surface area contributed by atoms with Crippen LogP contribution in [0.4, 0.5) is 11.4 Å². The predicted molar refractivity (Wildman–Crippen MR) is 78.4 cm³/mol. The number of rotatable bonds is 4. The molecule has 0 aromatic heterocycles. The molecule has 108 valence electrons. The minimum atomic E-state index is -0.402. The summed E-state index contributed by atoms with van der Waals surface area (Å²) in [4.78, 5) is 24.2. The topological polar surface area (TPSA) is 63.5 Å². The summed E-state index contributed by atoms with van der Waals surface area (Å²) in [5.74, 6) is -0.153. The number of anilines is 1. The molecule has 0 unspecified atom stereocenters. The number of ketones is 1. The van der Waals surface area contributed by atoms with Crippen molar-refractivity contribution >= 4 is 17.2 Å². The molecule has 0 N–H and O–H groups in total. The zero-order chi connectivity index (χ0) is 14.7. The van der Waals surface area contributed by atoms with Gasteiger partial charge in [0.25, 0.3) is 5.69 Å². The van der Waals surface area contributed by atoms with Crippen LogP contribution in [0, 0.1) is 10.1 Å². The molecule has 5 heteroatoms. The maximum absolute atomic E-state index is 11.4. The van der Waals surface area contributed by atoms with Gasteiger partial charge in [0.2, 0.25) is 0 Å². The molecular formula is C15H20N2O3. The van der Waals surface area contributed by atoms with E-state index in [4.69, 9.17) is 0 Å². The molecule has 1 aromatic carbocycles. The summed E-state index contributed by atoms with van der Waals surface area (Å²) >= 11 is 0. The smallest absolute Gasteiger partial charge is 0.293 e. The molecule has 0 radical (unpaired) electrons. The lowest BCUT2D eigenvalue weighted by Crippen LogP contribution is -2.33. The third-order valence-electron chi connectivity index (χ3n) is 4.08. The highest BCUT2D eigenvalue weighted by molar-refractivity contribution is 5.95. The number of hydrogen-bond acceptors (Lipinski definition) is 4. The molecule has 0 saturated heterocycles. The number of carbonyl (C=O) groups is 1. The van der Waals surface area contributed by atoms with E-state index in [0.717, 1.165) is 12.8 Å². The Morgan fingerprint density at radius 1 is 1.30 bits per heavy atom. The van der Waals surface area contributed by atoms with Crippen LogP contribution in [0.15, 0.2) is 18.2 Å². The van der Waals surface area contributed by atoms with Gasteiger partial charge in [-0.25, -0.2) is 0 Å². The average Bonchev–Trinajstić information content (AvgIpc) is 2.46. The molecule has 2 rings (SSSR count). The van der Waals surface area contributed by atoms with Gasteiger partial charge in [-0.3, -0.25) is 14.9 Å². The van der Waals surface area contributed by atoms with Crippen molar-refractivity contribution in [3.8, 4) is 0 Å². The molecule has 0 aliphatic heterocycles. The summed E-state index contributed by atoms with van der Waals surface area (Å²) in [5.41, 5.74) is 1.01. The molecule has 1 aliphatic rings. The van der Waals surface area contributed by atoms with Crippen LogP contribution in [0.5, 0.6) is 0 Å². The SMILES string of the molecule is CC(=O)c1ccc(N(C)C2CCCCC2)c([N+](=O)[O-])c1. The Morgan fingerprint density at radius 3 is 2.50 bits per heavy atom. The summed E-state index contributed by atoms with van der Waals surface area (Å²) in [6, 6.07) is 5.11. The Morgan fingerprint density at radius 2 is 1.95 bits per heavy atom. The van der Waals surface area contributed by atoms with Gasteiger partial charge in [-0.1, -0.05) is 19.3 Å². The number of nitro groups is 1. The fourth-order valence-electron chi connectivity index (χ4n) is 2.85. The van der Waals surface area contributed by atoms with E-state index in [1.165, 1.54) is 32.3 Å². The van der Waals surface area contributed by atoms with Crippen molar-refractivity contribution in [2.75, 3.05) is 11.9 Å². The van der Waals surface area contributed by atoms with Crippen molar-refractivity contribution in [3.63, 3.8) is 0 Å². The molecule has 1 aromatic rings. The first-order valence-electron chi connectivity index (χ1n) is 7.03. The molecule has 5 nitrogen and oxygen atoms in total. The van der Waals surface area contributed by atoms with Crippen LogP contribution in [0.3, 0.4) is 0 Å². The second-order valence-corrected chi connectivity index (χ2v) is 5.42. The summed E-state index contributed by atoms with van der Waals surface area (Å²) in [5, 5.41) is 11.3. The number of benzene rings is 1. The maximum atomic E-state index is 11.4. The third kappa shape index (κ3) is 2.98. The van der Waals surface area contributed by atoms with E-state index in [1.807, 2.05) is 11.9 Å². The van der Waals surface area contributed by atoms with Crippen molar-refractivity contribution in [1.82, 2.24) is 0 Å². The lowest BCUT2D eigenvalue weighted by molar-refractivity contribution is -0.384. The number of nitrogens with zero attached hydrogens (tertiary/aromatic N) is 2. The highest BCUT2D eigenvalue weighted by atomic mass is 16.6. The Labute approximate surface area is 118 Å². The Balaban J connectivity index is 2.34. The monoisotopic (exact) mass is 276 g/mol. The molecule has 20 heavy (non-hydrogen) atoms. The van der Waals surface area contributed by atoms with Gasteiger partial charge in [0.05, 0.1) is 4.92 Å². The van der Waals surface area contributed by atoms with Crippen LogP contribution in [0.25, 0.3) is 0 Å². The summed E-state index contributed by atoms with van der Waals surface area (Å²) in [6.07, 6.45) is 5.74. The van der Waals surface area contributed by atoms with Crippen molar-refractivity contribution < 1.29 is 9.72 Å². The van der Waals surface area contributed by atoms with E-state index >= 15 is 0 Å². The van der Waals surface area contributed by atoms with E-state index in [-0.39, 0.29) is 11.5 Å². The Bertz CT molecular complexity index is 522. The number of hydrogen-bond donors (Lipinski definition) is 0. The van der Waals surface area contributed by atoms with Gasteiger partial charge in [-0.15, -0.1) is 0 Å². The number of Topliss-reactive ketones (excluding diaryl/α,β-unsaturated/α-hetero) is 1. The molecule has 0 atom stereocenters. The first-order chi connectivity index (χ1) is 9.50. The summed E-state index contributed by atoms with van der Waals surface area (Å²) in [7, 11) is 1.91. The predicted octanol–water partition coefficient (Wildman–Crippen LogP) is 3.57. The van der Waals surface area contributed by atoms with Crippen LogP contribution in [-0.4, -0.2) is 23.8 Å². The molecule has 0 bridgehead atoms. The zero-order valence-electron chi connectivity index (χ0n) is 12.0. The molecule has 1 saturated carbocycles. The molecule has 0 amide bonds. The van der Waals surface area contributed by atoms with Gasteiger partial charge in [0.1, 0.15) is 5.69 Å². The number of nitro benzene ring substituents is 1. The van der Waals surface area contributed by atoms with E-state index in [1.54, 1.807) is 12.1 Å². The quantitative estimate of drug-likeness (QED) is 0.479. The Hall–Kier alpha value is -1.91. The fraction of sp³-hybridized carbons (Fsp3) is 0.533. The standard InChI is InChI=1S/C15H20N2O3/c1-11(18)12-8-9-14(15(10-12)17(19)20)16(2)13-6-4-3-5-7-13/h8-10,13H,3-7H2,1-2H3. The minimum Gasteiger partial charge on any atom is -0.366 e. The molecule has 1 aliphatic carbocycles. The van der Waals surface area contributed by atoms with E-state index in [9.17, 15) is 14.9 Å². The van der Waals surface area contributed by atoms with Gasteiger partial charge >= 0.3 is 0 Å². The fourth-order valence-corrected chi connectivity index (χ4v) is 2.85. The van der Waals surface area contributed by atoms with Crippen LogP contribution >= 0.6 is 0 Å². The largest absolute Gasteiger partial charge is 0.366 e. The molecule has 1 fully saturated rings. The summed E-state index contributed by atoms with van der Waals surface area (Å²) < 4.78 is 0. The van der Waals surface area contributed by atoms with E-state index < -0.39 is 4.92 Å². The van der Waals surface area contributed by atoms with Crippen molar-refractivity contribution in [2.45, 2.75) is 45.1 Å². The normalized spacial score (nSPS) is 15.9. The second-order valence-electron chi connectivity index (χ2n) is 5.42. The molecule has 0 heterocycles. The summed E-state index contributed by atoms with van der Waals surface area (Å²) in [6.45, 7) is 1.42. The highest BCUT2D eigenvalue weighted by Gasteiger charge is 2.25.